The molecule has 3 aromatic carbocycles. The van der Waals surface area contributed by atoms with E-state index in [1.54, 1.807) is 24.3 Å². The number of hydrogen-bond donors (Lipinski definition) is 2. The van der Waals surface area contributed by atoms with Crippen molar-refractivity contribution in [2.75, 3.05) is 0 Å². The van der Waals surface area contributed by atoms with Gasteiger partial charge in [0.05, 0.1) is 0 Å². The molecule has 0 atom stereocenters. The van der Waals surface area contributed by atoms with Crippen LogP contribution in [0.4, 0.5) is 0 Å². The average molecular weight is 332 g/mol. The maximum atomic E-state index is 9.48. The zero-order valence-electron chi connectivity index (χ0n) is 14.7. The molecule has 0 spiro atoms. The Balaban J connectivity index is 1.70. The van der Waals surface area contributed by atoms with E-state index in [1.165, 1.54) is 22.3 Å². The van der Waals surface area contributed by atoms with Crippen LogP contribution in [0.2, 0.25) is 0 Å². The molecule has 3 aromatic rings. The van der Waals surface area contributed by atoms with Gasteiger partial charge in [-0.05, 0) is 59.4 Å². The Kier molecular flexibility index (Phi) is 4.80. The SMILES string of the molecule is CC(C)(c1ccc(O)cc1)c1ccc(CCc2ccc(O)cc2)cc1. The van der Waals surface area contributed by atoms with Crippen molar-refractivity contribution in [3.8, 4) is 11.5 Å². The molecule has 2 heteroatoms. The summed E-state index contributed by atoms with van der Waals surface area (Å²) < 4.78 is 0. The first-order chi connectivity index (χ1) is 11.9. The summed E-state index contributed by atoms with van der Waals surface area (Å²) in [5, 5.41) is 18.8. The minimum atomic E-state index is -0.108. The average Bonchev–Trinajstić information content (AvgIpc) is 2.62. The van der Waals surface area contributed by atoms with Crippen LogP contribution in [0.15, 0.2) is 72.8 Å². The van der Waals surface area contributed by atoms with Gasteiger partial charge in [-0.3, -0.25) is 0 Å². The van der Waals surface area contributed by atoms with Crippen molar-refractivity contribution in [3.05, 3.63) is 95.1 Å². The molecule has 0 saturated heterocycles. The predicted molar refractivity (Wildman–Crippen MR) is 102 cm³/mol. The summed E-state index contributed by atoms with van der Waals surface area (Å²) in [5.74, 6) is 0.605. The number of benzene rings is 3. The van der Waals surface area contributed by atoms with Gasteiger partial charge in [0.1, 0.15) is 11.5 Å². The molecule has 2 nitrogen and oxygen atoms in total. The van der Waals surface area contributed by atoms with Crippen LogP contribution in [-0.4, -0.2) is 10.2 Å². The van der Waals surface area contributed by atoms with E-state index in [0.717, 1.165) is 12.8 Å². The molecule has 0 fully saturated rings. The Labute approximate surface area is 149 Å². The molecule has 0 aliphatic heterocycles. The van der Waals surface area contributed by atoms with Gasteiger partial charge >= 0.3 is 0 Å². The van der Waals surface area contributed by atoms with Crippen LogP contribution in [0.3, 0.4) is 0 Å². The lowest BCUT2D eigenvalue weighted by atomic mass is 9.78. The second-order valence-electron chi connectivity index (χ2n) is 7.04. The molecule has 0 bridgehead atoms. The third-order valence-electron chi connectivity index (χ3n) is 4.90. The second-order valence-corrected chi connectivity index (χ2v) is 7.04. The van der Waals surface area contributed by atoms with E-state index in [1.807, 2.05) is 24.3 Å². The summed E-state index contributed by atoms with van der Waals surface area (Å²) in [7, 11) is 0. The highest BCUT2D eigenvalue weighted by Crippen LogP contribution is 2.32. The van der Waals surface area contributed by atoms with Crippen LogP contribution in [-0.2, 0) is 18.3 Å². The van der Waals surface area contributed by atoms with E-state index < -0.39 is 0 Å². The molecule has 0 heterocycles. The number of hydrogen-bond acceptors (Lipinski definition) is 2. The van der Waals surface area contributed by atoms with Crippen LogP contribution in [0, 0.1) is 0 Å². The van der Waals surface area contributed by atoms with Gasteiger partial charge in [-0.15, -0.1) is 0 Å². The van der Waals surface area contributed by atoms with Crippen molar-refractivity contribution in [1.29, 1.82) is 0 Å². The monoisotopic (exact) mass is 332 g/mol. The van der Waals surface area contributed by atoms with Crippen molar-refractivity contribution in [3.63, 3.8) is 0 Å². The first-order valence-electron chi connectivity index (χ1n) is 8.62. The van der Waals surface area contributed by atoms with Crippen LogP contribution >= 0.6 is 0 Å². The molecule has 0 amide bonds. The fourth-order valence-electron chi connectivity index (χ4n) is 3.08. The fraction of sp³-hybridized carbons (Fsp3) is 0.217. The lowest BCUT2D eigenvalue weighted by Crippen LogP contribution is -2.18. The molecular weight excluding hydrogens is 308 g/mol. The minimum Gasteiger partial charge on any atom is -0.508 e. The number of aryl methyl sites for hydroxylation is 2. The predicted octanol–water partition coefficient (Wildman–Crippen LogP) is 5.21. The Morgan fingerprint density at radius 1 is 0.560 bits per heavy atom. The van der Waals surface area contributed by atoms with E-state index in [2.05, 4.69) is 38.1 Å². The highest BCUT2D eigenvalue weighted by Gasteiger charge is 2.22. The quantitative estimate of drug-likeness (QED) is 0.673. The highest BCUT2D eigenvalue weighted by molar-refractivity contribution is 5.40. The molecule has 0 saturated carbocycles. The Hall–Kier alpha value is -2.74. The van der Waals surface area contributed by atoms with Crippen molar-refractivity contribution in [2.24, 2.45) is 0 Å². The number of phenolic OH excluding ortho intramolecular Hbond substituents is 2. The third-order valence-corrected chi connectivity index (χ3v) is 4.90. The summed E-state index contributed by atoms with van der Waals surface area (Å²) in [6.07, 6.45) is 1.94. The van der Waals surface area contributed by atoms with Crippen molar-refractivity contribution in [1.82, 2.24) is 0 Å². The van der Waals surface area contributed by atoms with Gasteiger partial charge in [0.15, 0.2) is 0 Å². The molecule has 0 aliphatic rings. The fourth-order valence-corrected chi connectivity index (χ4v) is 3.08. The lowest BCUT2D eigenvalue weighted by Gasteiger charge is -2.26. The topological polar surface area (TPSA) is 40.5 Å². The van der Waals surface area contributed by atoms with Gasteiger partial charge in [-0.1, -0.05) is 62.4 Å². The molecule has 25 heavy (non-hydrogen) atoms. The summed E-state index contributed by atoms with van der Waals surface area (Å²) in [6.45, 7) is 4.40. The number of aromatic hydroxyl groups is 2. The normalized spacial score (nSPS) is 11.4. The molecule has 0 aliphatic carbocycles. The van der Waals surface area contributed by atoms with Gasteiger partial charge in [0, 0.05) is 5.41 Å². The van der Waals surface area contributed by atoms with Gasteiger partial charge < -0.3 is 10.2 Å². The summed E-state index contributed by atoms with van der Waals surface area (Å²) in [4.78, 5) is 0. The van der Waals surface area contributed by atoms with Crippen LogP contribution in [0.1, 0.15) is 36.1 Å². The Morgan fingerprint density at radius 3 is 1.32 bits per heavy atom. The molecule has 128 valence electrons. The first kappa shape index (κ1) is 17.1. The lowest BCUT2D eigenvalue weighted by molar-refractivity contribution is 0.474. The van der Waals surface area contributed by atoms with Crippen molar-refractivity contribution < 1.29 is 10.2 Å². The van der Waals surface area contributed by atoms with E-state index in [0.29, 0.717) is 11.5 Å². The molecular formula is C23H24O2. The van der Waals surface area contributed by atoms with Gasteiger partial charge in [-0.2, -0.15) is 0 Å². The maximum absolute atomic E-state index is 9.48. The Bertz CT molecular complexity index is 813. The third kappa shape index (κ3) is 4.03. The van der Waals surface area contributed by atoms with Crippen LogP contribution < -0.4 is 0 Å². The molecule has 3 rings (SSSR count). The van der Waals surface area contributed by atoms with Gasteiger partial charge in [0.2, 0.25) is 0 Å². The zero-order valence-corrected chi connectivity index (χ0v) is 14.7. The van der Waals surface area contributed by atoms with Gasteiger partial charge in [0.25, 0.3) is 0 Å². The van der Waals surface area contributed by atoms with E-state index in [-0.39, 0.29) is 5.41 Å². The maximum Gasteiger partial charge on any atom is 0.115 e. The molecule has 0 radical (unpaired) electrons. The summed E-state index contributed by atoms with van der Waals surface area (Å²) in [5.41, 5.74) is 4.86. The van der Waals surface area contributed by atoms with E-state index >= 15 is 0 Å². The van der Waals surface area contributed by atoms with Crippen molar-refractivity contribution >= 4 is 0 Å². The minimum absolute atomic E-state index is 0.108. The Morgan fingerprint density at radius 2 is 0.880 bits per heavy atom. The van der Waals surface area contributed by atoms with E-state index in [4.69, 9.17) is 0 Å². The zero-order chi connectivity index (χ0) is 17.9. The van der Waals surface area contributed by atoms with Gasteiger partial charge in [-0.25, -0.2) is 0 Å². The van der Waals surface area contributed by atoms with Crippen molar-refractivity contribution in [2.45, 2.75) is 32.1 Å². The summed E-state index contributed by atoms with van der Waals surface area (Å²) in [6, 6.07) is 23.6. The first-order valence-corrected chi connectivity index (χ1v) is 8.62. The second kappa shape index (κ2) is 7.02. The number of phenols is 2. The van der Waals surface area contributed by atoms with Crippen LogP contribution in [0.5, 0.6) is 11.5 Å². The molecule has 0 aromatic heterocycles. The number of rotatable bonds is 5. The smallest absolute Gasteiger partial charge is 0.115 e. The largest absolute Gasteiger partial charge is 0.508 e. The standard InChI is InChI=1S/C23H24O2/c1-23(2,20-11-15-22(25)16-12-20)19-9-5-17(6-10-19)3-4-18-7-13-21(24)14-8-18/h5-16,24-25H,3-4H2,1-2H3. The van der Waals surface area contributed by atoms with Crippen LogP contribution in [0.25, 0.3) is 0 Å². The summed E-state index contributed by atoms with van der Waals surface area (Å²) >= 11 is 0. The molecule has 2 N–H and O–H groups in total. The van der Waals surface area contributed by atoms with E-state index in [9.17, 15) is 10.2 Å². The molecule has 0 unspecified atom stereocenters. The highest BCUT2D eigenvalue weighted by atomic mass is 16.3.